The second kappa shape index (κ2) is 4.47. The lowest BCUT2D eigenvalue weighted by molar-refractivity contribution is -0.115. The molecule has 0 saturated heterocycles. The van der Waals surface area contributed by atoms with Crippen LogP contribution in [0.25, 0.3) is 0 Å². The van der Waals surface area contributed by atoms with Gasteiger partial charge in [-0.05, 0) is 41.6 Å². The number of benzene rings is 1. The van der Waals surface area contributed by atoms with Crippen molar-refractivity contribution < 1.29 is 9.59 Å². The summed E-state index contributed by atoms with van der Waals surface area (Å²) >= 11 is 7.56. The number of halogens is 1. The summed E-state index contributed by atoms with van der Waals surface area (Å²) < 4.78 is 0. The molecule has 5 heteroatoms. The van der Waals surface area contributed by atoms with Crippen LogP contribution < -0.4 is 5.32 Å². The van der Waals surface area contributed by atoms with Crippen molar-refractivity contribution in [3.8, 4) is 0 Å². The topological polar surface area (TPSA) is 46.2 Å². The number of ketones is 1. The smallest absolute Gasteiger partial charge is 0.228 e. The molecule has 0 fully saturated rings. The molecular weight excluding hydrogens is 282 g/mol. The third-order valence-electron chi connectivity index (χ3n) is 3.13. The lowest BCUT2D eigenvalue weighted by atomic mass is 10.0. The van der Waals surface area contributed by atoms with E-state index in [1.807, 2.05) is 18.4 Å². The fraction of sp³-hybridized carbons (Fsp3) is 0.143. The van der Waals surface area contributed by atoms with Gasteiger partial charge in [-0.3, -0.25) is 9.59 Å². The van der Waals surface area contributed by atoms with Gasteiger partial charge in [-0.1, -0.05) is 11.6 Å². The van der Waals surface area contributed by atoms with Gasteiger partial charge in [0, 0.05) is 11.3 Å². The summed E-state index contributed by atoms with van der Waals surface area (Å²) in [6, 6.07) is 5.28. The molecule has 0 aliphatic carbocycles. The minimum atomic E-state index is -0.0837. The average molecular weight is 292 g/mol. The third kappa shape index (κ3) is 2.07. The Morgan fingerprint density at radius 2 is 2.21 bits per heavy atom. The highest BCUT2D eigenvalue weighted by molar-refractivity contribution is 7.12. The second-order valence-electron chi connectivity index (χ2n) is 4.48. The molecule has 1 aliphatic heterocycles. The standard InChI is InChI=1S/C14H10ClNO2S/c1-7-2-3-19-14(7)13(18)9-4-8-5-12(17)16-11(8)6-10(9)15/h2-4,6H,5H2,1H3,(H,16,17). The number of thiophene rings is 1. The molecule has 1 aromatic heterocycles. The van der Waals surface area contributed by atoms with E-state index in [2.05, 4.69) is 5.32 Å². The number of fused-ring (bicyclic) bond motifs is 1. The van der Waals surface area contributed by atoms with Crippen molar-refractivity contribution in [1.29, 1.82) is 0 Å². The Morgan fingerprint density at radius 3 is 2.89 bits per heavy atom. The van der Waals surface area contributed by atoms with Gasteiger partial charge in [-0.15, -0.1) is 11.3 Å². The molecule has 0 unspecified atom stereocenters. The zero-order valence-electron chi connectivity index (χ0n) is 10.1. The number of amides is 1. The van der Waals surface area contributed by atoms with Gasteiger partial charge in [0.05, 0.1) is 16.3 Å². The van der Waals surface area contributed by atoms with Gasteiger partial charge in [0.25, 0.3) is 0 Å². The Hall–Kier alpha value is -1.65. The first-order valence-electron chi connectivity index (χ1n) is 5.77. The number of carbonyl (C=O) groups is 2. The van der Waals surface area contributed by atoms with Crippen molar-refractivity contribution in [3.63, 3.8) is 0 Å². The summed E-state index contributed by atoms with van der Waals surface area (Å²) in [7, 11) is 0. The van der Waals surface area contributed by atoms with E-state index >= 15 is 0 Å². The quantitative estimate of drug-likeness (QED) is 0.862. The minimum absolute atomic E-state index is 0.0667. The van der Waals surface area contributed by atoms with Crippen molar-refractivity contribution in [1.82, 2.24) is 0 Å². The van der Waals surface area contributed by atoms with Crippen LogP contribution in [0.2, 0.25) is 5.02 Å². The van der Waals surface area contributed by atoms with Crippen molar-refractivity contribution in [2.24, 2.45) is 0 Å². The van der Waals surface area contributed by atoms with Crippen LogP contribution in [0, 0.1) is 6.92 Å². The Morgan fingerprint density at radius 1 is 1.42 bits per heavy atom. The zero-order valence-corrected chi connectivity index (χ0v) is 11.7. The summed E-state index contributed by atoms with van der Waals surface area (Å²) in [5.41, 5.74) is 2.93. The number of anilines is 1. The van der Waals surface area contributed by atoms with Crippen molar-refractivity contribution in [2.75, 3.05) is 5.32 Å². The van der Waals surface area contributed by atoms with Gasteiger partial charge in [-0.25, -0.2) is 0 Å². The fourth-order valence-corrected chi connectivity index (χ4v) is 3.28. The van der Waals surface area contributed by atoms with E-state index in [1.54, 1.807) is 12.1 Å². The van der Waals surface area contributed by atoms with Gasteiger partial charge in [0.1, 0.15) is 0 Å². The molecule has 96 valence electrons. The lowest BCUT2D eigenvalue weighted by Gasteiger charge is -2.06. The van der Waals surface area contributed by atoms with E-state index in [-0.39, 0.29) is 11.7 Å². The molecule has 0 atom stereocenters. The van der Waals surface area contributed by atoms with Gasteiger partial charge in [-0.2, -0.15) is 0 Å². The van der Waals surface area contributed by atoms with Crippen LogP contribution >= 0.6 is 22.9 Å². The molecule has 0 saturated carbocycles. The number of rotatable bonds is 2. The van der Waals surface area contributed by atoms with Crippen LogP contribution in [0.1, 0.15) is 26.4 Å². The molecule has 0 bridgehead atoms. The van der Waals surface area contributed by atoms with Gasteiger partial charge in [0.15, 0.2) is 0 Å². The number of aryl methyl sites for hydroxylation is 1. The monoisotopic (exact) mass is 291 g/mol. The van der Waals surface area contributed by atoms with E-state index in [0.29, 0.717) is 27.6 Å². The summed E-state index contributed by atoms with van der Waals surface area (Å²) in [6.07, 6.45) is 0.302. The van der Waals surface area contributed by atoms with Crippen molar-refractivity contribution in [3.05, 3.63) is 50.2 Å². The van der Waals surface area contributed by atoms with E-state index < -0.39 is 0 Å². The maximum atomic E-state index is 12.5. The molecule has 1 N–H and O–H groups in total. The van der Waals surface area contributed by atoms with Crippen molar-refractivity contribution >= 4 is 40.3 Å². The first kappa shape index (κ1) is 12.4. The predicted molar refractivity (Wildman–Crippen MR) is 76.3 cm³/mol. The SMILES string of the molecule is Cc1ccsc1C(=O)c1cc2c(cc1Cl)NC(=O)C2. The van der Waals surface area contributed by atoms with Crippen molar-refractivity contribution in [2.45, 2.75) is 13.3 Å². The van der Waals surface area contributed by atoms with E-state index in [1.165, 1.54) is 11.3 Å². The highest BCUT2D eigenvalue weighted by Gasteiger charge is 2.23. The zero-order chi connectivity index (χ0) is 13.6. The van der Waals surface area contributed by atoms with Crippen LogP contribution in [0.5, 0.6) is 0 Å². The Labute approximate surface area is 119 Å². The first-order chi connectivity index (χ1) is 9.06. The minimum Gasteiger partial charge on any atom is -0.325 e. The Kier molecular flexibility index (Phi) is 2.92. The maximum Gasteiger partial charge on any atom is 0.228 e. The van der Waals surface area contributed by atoms with Crippen LogP contribution in [0.15, 0.2) is 23.6 Å². The van der Waals surface area contributed by atoms with Gasteiger partial charge >= 0.3 is 0 Å². The van der Waals surface area contributed by atoms with E-state index in [9.17, 15) is 9.59 Å². The molecule has 1 aliphatic rings. The number of nitrogens with one attached hydrogen (secondary N) is 1. The highest BCUT2D eigenvalue weighted by Crippen LogP contribution is 2.32. The molecule has 2 heterocycles. The number of carbonyl (C=O) groups excluding carboxylic acids is 2. The third-order valence-corrected chi connectivity index (χ3v) is 4.46. The molecule has 2 aromatic rings. The molecule has 19 heavy (non-hydrogen) atoms. The second-order valence-corrected chi connectivity index (χ2v) is 5.80. The normalized spacial score (nSPS) is 13.3. The lowest BCUT2D eigenvalue weighted by Crippen LogP contribution is -2.03. The molecule has 1 aromatic carbocycles. The highest BCUT2D eigenvalue weighted by atomic mass is 35.5. The summed E-state index contributed by atoms with van der Waals surface area (Å²) in [5.74, 6) is -0.150. The van der Waals surface area contributed by atoms with Gasteiger partial charge < -0.3 is 5.32 Å². The van der Waals surface area contributed by atoms with Crippen LogP contribution in [-0.2, 0) is 11.2 Å². The largest absolute Gasteiger partial charge is 0.325 e. The molecule has 0 radical (unpaired) electrons. The molecule has 0 spiro atoms. The summed E-state index contributed by atoms with van der Waals surface area (Å²) in [4.78, 5) is 24.5. The Balaban J connectivity index is 2.07. The first-order valence-corrected chi connectivity index (χ1v) is 7.03. The molecular formula is C14H10ClNO2S. The average Bonchev–Trinajstić information content (AvgIpc) is 2.92. The Bertz CT molecular complexity index is 705. The fourth-order valence-electron chi connectivity index (χ4n) is 2.15. The summed E-state index contributed by atoms with van der Waals surface area (Å²) in [6.45, 7) is 1.90. The molecule has 1 amide bonds. The van der Waals surface area contributed by atoms with Crippen LogP contribution in [0.3, 0.4) is 0 Å². The van der Waals surface area contributed by atoms with Crippen LogP contribution in [0.4, 0.5) is 5.69 Å². The maximum absolute atomic E-state index is 12.5. The number of hydrogen-bond donors (Lipinski definition) is 1. The summed E-state index contributed by atoms with van der Waals surface area (Å²) in [5, 5.41) is 4.98. The van der Waals surface area contributed by atoms with Crippen LogP contribution in [-0.4, -0.2) is 11.7 Å². The molecule has 3 nitrogen and oxygen atoms in total. The van der Waals surface area contributed by atoms with E-state index in [0.717, 1.165) is 11.1 Å². The predicted octanol–water partition coefficient (Wildman–Crippen LogP) is 3.44. The van der Waals surface area contributed by atoms with Gasteiger partial charge in [0.2, 0.25) is 11.7 Å². The number of hydrogen-bond acceptors (Lipinski definition) is 3. The molecule has 3 rings (SSSR count). The van der Waals surface area contributed by atoms with E-state index in [4.69, 9.17) is 11.6 Å².